The predicted molar refractivity (Wildman–Crippen MR) is 53.8 cm³/mol. The molecule has 0 aliphatic carbocycles. The van der Waals surface area contributed by atoms with Crippen molar-refractivity contribution in [1.82, 2.24) is 0 Å². The highest BCUT2D eigenvalue weighted by Crippen LogP contribution is 2.08. The topological polar surface area (TPSA) is 122 Å². The molecule has 0 unspecified atom stereocenters. The number of nitrogens with zero attached hydrogens (tertiary/aromatic N) is 2. The number of hydrogen-bond donors (Lipinski definition) is 2. The number of hydrogen-bond acceptors (Lipinski definition) is 4. The molecule has 0 atom stereocenters. The van der Waals surface area contributed by atoms with Crippen molar-refractivity contribution in [1.29, 1.82) is 10.8 Å². The fraction of sp³-hybridized carbons (Fsp3) is 0.143. The van der Waals surface area contributed by atoms with Crippen LogP contribution < -0.4 is 0 Å². The van der Waals surface area contributed by atoms with E-state index < -0.39 is 10.4 Å². The summed E-state index contributed by atoms with van der Waals surface area (Å²) in [7, 11) is -4.67. The van der Waals surface area contributed by atoms with Gasteiger partial charge in [-0.05, 0) is 24.6 Å². The van der Waals surface area contributed by atoms with Gasteiger partial charge in [0.25, 0.3) is 0 Å². The Morgan fingerprint density at radius 1 is 1.27 bits per heavy atom. The molecular formula is C7H9ClN2O4S. The second-order valence-corrected chi connectivity index (χ2v) is 3.58. The Balaban J connectivity index is 0. The number of halogens is 1. The fourth-order valence-electron chi connectivity index (χ4n) is 0.606. The van der Waals surface area contributed by atoms with E-state index in [0.29, 0.717) is 0 Å². The quantitative estimate of drug-likeness (QED) is 0.538. The van der Waals surface area contributed by atoms with Crippen LogP contribution in [0.3, 0.4) is 0 Å². The lowest BCUT2D eigenvalue weighted by atomic mass is 10.2. The van der Waals surface area contributed by atoms with Gasteiger partial charge in [0.05, 0.1) is 0 Å². The maximum absolute atomic E-state index is 8.74. The monoisotopic (exact) mass is 252 g/mol. The molecule has 1 rings (SSSR count). The van der Waals surface area contributed by atoms with E-state index in [-0.39, 0.29) is 0 Å². The van der Waals surface area contributed by atoms with Crippen LogP contribution in [-0.2, 0) is 10.4 Å². The summed E-state index contributed by atoms with van der Waals surface area (Å²) in [4.78, 5) is 0. The summed E-state index contributed by atoms with van der Waals surface area (Å²) in [5.41, 5.74) is 1.21. The van der Waals surface area contributed by atoms with Crippen molar-refractivity contribution < 1.29 is 17.5 Å². The van der Waals surface area contributed by atoms with E-state index in [9.17, 15) is 0 Å². The van der Waals surface area contributed by atoms with Gasteiger partial charge in [-0.3, -0.25) is 9.11 Å². The molecule has 0 aliphatic rings. The van der Waals surface area contributed by atoms with Gasteiger partial charge < -0.3 is 0 Å². The Bertz CT molecular complexity index is 379. The zero-order chi connectivity index (χ0) is 12.5. The van der Waals surface area contributed by atoms with E-state index in [2.05, 4.69) is 0 Å². The molecule has 0 aliphatic heterocycles. The van der Waals surface area contributed by atoms with Crippen LogP contribution in [0.2, 0.25) is 5.02 Å². The molecule has 8 heteroatoms. The number of aryl methyl sites for hydroxylation is 1. The minimum atomic E-state index is -4.67. The fourth-order valence-corrected chi connectivity index (χ4v) is 0.850. The molecule has 0 fully saturated rings. The van der Waals surface area contributed by atoms with Crippen LogP contribution in [-0.4, -0.2) is 17.5 Å². The summed E-state index contributed by atoms with van der Waals surface area (Å²) >= 11 is 5.64. The van der Waals surface area contributed by atoms with Gasteiger partial charge in [0.15, 0.2) is 0 Å². The number of benzene rings is 1. The van der Waals surface area contributed by atoms with Gasteiger partial charge in [0.1, 0.15) is 0 Å². The molecule has 1 aromatic rings. The van der Waals surface area contributed by atoms with Gasteiger partial charge in [-0.1, -0.05) is 23.7 Å². The average molecular weight is 253 g/mol. The van der Waals surface area contributed by atoms with Crippen LogP contribution >= 0.6 is 11.6 Å². The Morgan fingerprint density at radius 2 is 1.67 bits per heavy atom. The SMILES string of the molecule is Cc1cccc(Cl)c1.N#N.O=S(=O)(O)O. The van der Waals surface area contributed by atoms with Gasteiger partial charge in [0, 0.05) is 15.8 Å². The molecule has 84 valence electrons. The third kappa shape index (κ3) is 19.3. The lowest BCUT2D eigenvalue weighted by Crippen LogP contribution is -1.89. The van der Waals surface area contributed by atoms with Crippen LogP contribution in [0.4, 0.5) is 0 Å². The third-order valence-electron chi connectivity index (χ3n) is 0.980. The molecule has 0 bridgehead atoms. The smallest absolute Gasteiger partial charge is 0.264 e. The average Bonchev–Trinajstić information content (AvgIpc) is 2.04. The van der Waals surface area contributed by atoms with Gasteiger partial charge in [-0.25, -0.2) is 0 Å². The van der Waals surface area contributed by atoms with Crippen molar-refractivity contribution in [3.63, 3.8) is 0 Å². The van der Waals surface area contributed by atoms with Crippen molar-refractivity contribution in [3.8, 4) is 0 Å². The molecule has 0 radical (unpaired) electrons. The highest BCUT2D eigenvalue weighted by molar-refractivity contribution is 7.79. The van der Waals surface area contributed by atoms with E-state index in [1.165, 1.54) is 5.56 Å². The van der Waals surface area contributed by atoms with Gasteiger partial charge in [-0.15, -0.1) is 0 Å². The largest absolute Gasteiger partial charge is 0.394 e. The van der Waals surface area contributed by atoms with Gasteiger partial charge >= 0.3 is 10.4 Å². The second kappa shape index (κ2) is 8.14. The summed E-state index contributed by atoms with van der Waals surface area (Å²) < 4.78 is 31.6. The summed E-state index contributed by atoms with van der Waals surface area (Å²) in [5, 5.41) is 12.8. The first kappa shape index (κ1) is 16.2. The van der Waals surface area contributed by atoms with Crippen LogP contribution in [0, 0.1) is 17.7 Å². The summed E-state index contributed by atoms with van der Waals surface area (Å²) in [5.74, 6) is 0. The van der Waals surface area contributed by atoms with Crippen molar-refractivity contribution in [2.24, 2.45) is 0 Å². The summed E-state index contributed by atoms with van der Waals surface area (Å²) in [6, 6.07) is 7.76. The first-order valence-electron chi connectivity index (χ1n) is 3.41. The molecule has 2 N–H and O–H groups in total. The van der Waals surface area contributed by atoms with Crippen LogP contribution in [0.1, 0.15) is 5.56 Å². The zero-order valence-electron chi connectivity index (χ0n) is 7.70. The Labute approximate surface area is 92.5 Å². The normalized spacial score (nSPS) is 8.93. The van der Waals surface area contributed by atoms with Crippen molar-refractivity contribution in [2.75, 3.05) is 0 Å². The molecule has 0 saturated heterocycles. The molecule has 15 heavy (non-hydrogen) atoms. The first-order valence-corrected chi connectivity index (χ1v) is 5.18. The number of rotatable bonds is 0. The van der Waals surface area contributed by atoms with Gasteiger partial charge in [0.2, 0.25) is 0 Å². The van der Waals surface area contributed by atoms with Crippen LogP contribution in [0.25, 0.3) is 0 Å². The van der Waals surface area contributed by atoms with Crippen LogP contribution in [0.15, 0.2) is 24.3 Å². The highest BCUT2D eigenvalue weighted by Gasteiger charge is 1.84. The standard InChI is InChI=1S/C7H7Cl.N2.H2O4S/c1-6-3-2-4-7(8)5-6;1-2;1-5(2,3)4/h2-5H,1H3;;(H2,1,2,3,4). The summed E-state index contributed by atoms with van der Waals surface area (Å²) in [6.45, 7) is 2.02. The van der Waals surface area contributed by atoms with E-state index >= 15 is 0 Å². The molecule has 0 spiro atoms. The predicted octanol–water partition coefficient (Wildman–Crippen LogP) is 2.03. The summed E-state index contributed by atoms with van der Waals surface area (Å²) in [6.07, 6.45) is 0. The first-order chi connectivity index (χ1) is 6.79. The zero-order valence-corrected chi connectivity index (χ0v) is 9.27. The maximum Gasteiger partial charge on any atom is 0.394 e. The molecule has 0 amide bonds. The second-order valence-electron chi connectivity index (χ2n) is 2.25. The van der Waals surface area contributed by atoms with E-state index in [4.69, 9.17) is 39.9 Å². The van der Waals surface area contributed by atoms with Crippen molar-refractivity contribution in [2.45, 2.75) is 6.92 Å². The van der Waals surface area contributed by atoms with Crippen molar-refractivity contribution >= 4 is 22.0 Å². The van der Waals surface area contributed by atoms with Crippen molar-refractivity contribution in [3.05, 3.63) is 34.9 Å². The molecule has 0 heterocycles. The molecule has 6 nitrogen and oxygen atoms in total. The lowest BCUT2D eigenvalue weighted by Gasteiger charge is -1.88. The highest BCUT2D eigenvalue weighted by atomic mass is 35.5. The molecule has 0 aromatic heterocycles. The molecule has 1 aromatic carbocycles. The van der Waals surface area contributed by atoms with E-state index in [0.717, 1.165) is 5.02 Å². The van der Waals surface area contributed by atoms with E-state index in [1.807, 2.05) is 31.2 Å². The van der Waals surface area contributed by atoms with Gasteiger partial charge in [-0.2, -0.15) is 8.42 Å². The minimum Gasteiger partial charge on any atom is -0.264 e. The Morgan fingerprint density at radius 3 is 1.87 bits per heavy atom. The molecular weight excluding hydrogens is 244 g/mol. The Hall–Kier alpha value is -1.20. The Kier molecular flexibility index (Phi) is 8.81. The third-order valence-corrected chi connectivity index (χ3v) is 1.22. The maximum atomic E-state index is 8.74. The lowest BCUT2D eigenvalue weighted by molar-refractivity contribution is 0.381. The minimum absolute atomic E-state index is 0.810. The molecule has 0 saturated carbocycles. The van der Waals surface area contributed by atoms with Crippen LogP contribution in [0.5, 0.6) is 0 Å². The van der Waals surface area contributed by atoms with E-state index in [1.54, 1.807) is 0 Å².